The van der Waals surface area contributed by atoms with Crippen molar-refractivity contribution in [3.63, 3.8) is 0 Å². The van der Waals surface area contributed by atoms with Gasteiger partial charge in [0.1, 0.15) is 5.75 Å². The summed E-state index contributed by atoms with van der Waals surface area (Å²) in [5.74, 6) is 1.04. The number of rotatable bonds is 4. The van der Waals surface area contributed by atoms with E-state index in [1.54, 1.807) is 7.11 Å². The van der Waals surface area contributed by atoms with Crippen molar-refractivity contribution < 1.29 is 14.6 Å². The molecule has 1 fully saturated rings. The molecule has 1 heterocycles. The van der Waals surface area contributed by atoms with Crippen LogP contribution < -0.4 is 4.74 Å². The van der Waals surface area contributed by atoms with Gasteiger partial charge in [0.25, 0.3) is 0 Å². The van der Waals surface area contributed by atoms with Crippen molar-refractivity contribution in [3.8, 4) is 5.75 Å². The first-order valence-corrected chi connectivity index (χ1v) is 6.61. The van der Waals surface area contributed by atoms with Crippen LogP contribution in [0.1, 0.15) is 37.0 Å². The molecule has 18 heavy (non-hydrogen) atoms. The lowest BCUT2D eigenvalue weighted by Gasteiger charge is -2.24. The van der Waals surface area contributed by atoms with Crippen LogP contribution in [0.25, 0.3) is 0 Å². The van der Waals surface area contributed by atoms with Gasteiger partial charge in [-0.1, -0.05) is 13.0 Å². The fourth-order valence-electron chi connectivity index (χ4n) is 2.78. The number of aliphatic hydroxyl groups excluding tert-OH is 1. The summed E-state index contributed by atoms with van der Waals surface area (Å²) >= 11 is 0. The molecule has 1 aliphatic heterocycles. The molecule has 0 bridgehead atoms. The largest absolute Gasteiger partial charge is 0.497 e. The van der Waals surface area contributed by atoms with Gasteiger partial charge in [0.2, 0.25) is 0 Å². The Labute approximate surface area is 109 Å². The first-order chi connectivity index (χ1) is 8.67. The molecule has 1 N–H and O–H groups in total. The van der Waals surface area contributed by atoms with E-state index in [0.29, 0.717) is 0 Å². The van der Waals surface area contributed by atoms with E-state index in [1.165, 1.54) is 0 Å². The number of benzene rings is 1. The van der Waals surface area contributed by atoms with E-state index < -0.39 is 6.10 Å². The molecule has 0 amide bonds. The molecule has 0 spiro atoms. The third-order valence-electron chi connectivity index (χ3n) is 3.86. The maximum Gasteiger partial charge on any atom is 0.119 e. The molecule has 3 atom stereocenters. The second kappa shape index (κ2) is 5.72. The highest BCUT2D eigenvalue weighted by atomic mass is 16.5. The zero-order chi connectivity index (χ0) is 13.1. The van der Waals surface area contributed by atoms with Crippen LogP contribution in [0.2, 0.25) is 0 Å². The van der Waals surface area contributed by atoms with Gasteiger partial charge in [-0.2, -0.15) is 0 Å². The van der Waals surface area contributed by atoms with Gasteiger partial charge in [-0.3, -0.25) is 0 Å². The summed E-state index contributed by atoms with van der Waals surface area (Å²) in [7, 11) is 1.66. The smallest absolute Gasteiger partial charge is 0.119 e. The van der Waals surface area contributed by atoms with E-state index in [2.05, 4.69) is 6.92 Å². The van der Waals surface area contributed by atoms with Crippen LogP contribution in [0.4, 0.5) is 0 Å². The summed E-state index contributed by atoms with van der Waals surface area (Å²) in [6.45, 7) is 4.88. The van der Waals surface area contributed by atoms with Crippen molar-refractivity contribution in [1.82, 2.24) is 0 Å². The van der Waals surface area contributed by atoms with Gasteiger partial charge in [-0.05, 0) is 43.0 Å². The second-order valence-electron chi connectivity index (χ2n) is 4.94. The van der Waals surface area contributed by atoms with E-state index >= 15 is 0 Å². The lowest BCUT2D eigenvalue weighted by molar-refractivity contribution is 0.0305. The molecule has 1 aliphatic rings. The van der Waals surface area contributed by atoms with Gasteiger partial charge < -0.3 is 14.6 Å². The third kappa shape index (κ3) is 2.52. The van der Waals surface area contributed by atoms with E-state index in [1.807, 2.05) is 25.1 Å². The zero-order valence-electron chi connectivity index (χ0n) is 11.3. The summed E-state index contributed by atoms with van der Waals surface area (Å²) in [6.07, 6.45) is 1.63. The highest BCUT2D eigenvalue weighted by molar-refractivity contribution is 5.36. The summed E-state index contributed by atoms with van der Waals surface area (Å²) in [5, 5.41) is 10.5. The molecular weight excluding hydrogens is 228 g/mol. The molecule has 0 saturated carbocycles. The molecule has 0 radical (unpaired) electrons. The van der Waals surface area contributed by atoms with E-state index in [0.717, 1.165) is 36.3 Å². The summed E-state index contributed by atoms with van der Waals surface area (Å²) < 4.78 is 10.8. The van der Waals surface area contributed by atoms with E-state index in [4.69, 9.17) is 9.47 Å². The van der Waals surface area contributed by atoms with Crippen molar-refractivity contribution >= 4 is 0 Å². The highest BCUT2D eigenvalue weighted by Crippen LogP contribution is 2.36. The van der Waals surface area contributed by atoms with Crippen LogP contribution in [0, 0.1) is 12.8 Å². The Kier molecular flexibility index (Phi) is 4.25. The Balaban J connectivity index is 2.20. The number of aliphatic hydroxyl groups is 1. The lowest BCUT2D eigenvalue weighted by Crippen LogP contribution is -2.22. The Hall–Kier alpha value is -1.06. The minimum Gasteiger partial charge on any atom is -0.497 e. The Bertz CT molecular complexity index is 403. The number of ether oxygens (including phenoxy) is 2. The molecular formula is C15H22O3. The number of hydrogen-bond acceptors (Lipinski definition) is 3. The van der Waals surface area contributed by atoms with Crippen LogP contribution in [-0.2, 0) is 4.74 Å². The molecule has 1 aromatic rings. The van der Waals surface area contributed by atoms with Crippen molar-refractivity contribution in [3.05, 3.63) is 29.3 Å². The van der Waals surface area contributed by atoms with E-state index in [9.17, 15) is 5.11 Å². The molecule has 3 unspecified atom stereocenters. The highest BCUT2D eigenvalue weighted by Gasteiger charge is 2.33. The Morgan fingerprint density at radius 1 is 1.50 bits per heavy atom. The van der Waals surface area contributed by atoms with Crippen LogP contribution >= 0.6 is 0 Å². The van der Waals surface area contributed by atoms with Crippen molar-refractivity contribution in [1.29, 1.82) is 0 Å². The quantitative estimate of drug-likeness (QED) is 0.893. The summed E-state index contributed by atoms with van der Waals surface area (Å²) in [5.41, 5.74) is 2.06. The first kappa shape index (κ1) is 13.4. The maximum atomic E-state index is 10.5. The molecule has 0 aromatic heterocycles. The van der Waals surface area contributed by atoms with Crippen LogP contribution in [0.15, 0.2) is 18.2 Å². The molecule has 3 nitrogen and oxygen atoms in total. The van der Waals surface area contributed by atoms with Gasteiger partial charge in [0.15, 0.2) is 0 Å². The molecule has 0 aliphatic carbocycles. The summed E-state index contributed by atoms with van der Waals surface area (Å²) in [4.78, 5) is 0. The number of hydrogen-bond donors (Lipinski definition) is 1. The topological polar surface area (TPSA) is 38.7 Å². The van der Waals surface area contributed by atoms with Crippen molar-refractivity contribution in [2.75, 3.05) is 13.7 Å². The predicted octanol–water partition coefficient (Wildman–Crippen LogP) is 2.85. The van der Waals surface area contributed by atoms with Gasteiger partial charge in [0, 0.05) is 12.5 Å². The minimum atomic E-state index is -0.441. The maximum absolute atomic E-state index is 10.5. The molecule has 100 valence electrons. The molecule has 1 saturated heterocycles. The Morgan fingerprint density at radius 2 is 2.28 bits per heavy atom. The molecule has 3 heteroatoms. The molecule has 2 rings (SSSR count). The predicted molar refractivity (Wildman–Crippen MR) is 70.8 cm³/mol. The van der Waals surface area contributed by atoms with Crippen molar-refractivity contribution in [2.24, 2.45) is 5.92 Å². The first-order valence-electron chi connectivity index (χ1n) is 6.61. The van der Waals surface area contributed by atoms with Crippen LogP contribution in [-0.4, -0.2) is 24.9 Å². The van der Waals surface area contributed by atoms with E-state index in [-0.39, 0.29) is 12.0 Å². The van der Waals surface area contributed by atoms with Crippen LogP contribution in [0.3, 0.4) is 0 Å². The third-order valence-corrected chi connectivity index (χ3v) is 3.86. The number of methoxy groups -OCH3 is 1. The SMILES string of the molecule is CCC1OCCC1C(O)c1ccc(OC)cc1C. The Morgan fingerprint density at radius 3 is 2.89 bits per heavy atom. The van der Waals surface area contributed by atoms with Gasteiger partial charge in [0.05, 0.1) is 19.3 Å². The van der Waals surface area contributed by atoms with Gasteiger partial charge in [-0.25, -0.2) is 0 Å². The lowest BCUT2D eigenvalue weighted by atomic mass is 9.87. The standard InChI is InChI=1S/C15H22O3/c1-4-14-13(7-8-18-14)15(16)12-6-5-11(17-3)9-10(12)2/h5-6,9,13-16H,4,7-8H2,1-3H3. The normalized spacial score (nSPS) is 25.1. The van der Waals surface area contributed by atoms with Crippen molar-refractivity contribution in [2.45, 2.75) is 38.9 Å². The zero-order valence-corrected chi connectivity index (χ0v) is 11.3. The number of aryl methyl sites for hydroxylation is 1. The fraction of sp³-hybridized carbons (Fsp3) is 0.600. The molecule has 1 aromatic carbocycles. The fourth-order valence-corrected chi connectivity index (χ4v) is 2.78. The van der Waals surface area contributed by atoms with Gasteiger partial charge >= 0.3 is 0 Å². The monoisotopic (exact) mass is 250 g/mol. The average Bonchev–Trinajstić information content (AvgIpc) is 2.86. The average molecular weight is 250 g/mol. The summed E-state index contributed by atoms with van der Waals surface area (Å²) in [6, 6.07) is 5.83. The minimum absolute atomic E-state index is 0.182. The second-order valence-corrected chi connectivity index (χ2v) is 4.94. The van der Waals surface area contributed by atoms with Gasteiger partial charge in [-0.15, -0.1) is 0 Å². The van der Waals surface area contributed by atoms with Crippen LogP contribution in [0.5, 0.6) is 5.75 Å².